The molecule has 1 aliphatic rings. The molecule has 0 unspecified atom stereocenters. The molecule has 4 aromatic rings. The first kappa shape index (κ1) is 22.8. The lowest BCUT2D eigenvalue weighted by Crippen LogP contribution is -2.37. The van der Waals surface area contributed by atoms with Crippen molar-refractivity contribution in [3.8, 4) is 28.5 Å². The zero-order valence-electron chi connectivity index (χ0n) is 20.3. The van der Waals surface area contributed by atoms with Crippen LogP contribution in [0.2, 0.25) is 0 Å². The van der Waals surface area contributed by atoms with Crippen LogP contribution in [-0.4, -0.2) is 41.6 Å². The van der Waals surface area contributed by atoms with E-state index in [9.17, 15) is 9.59 Å². The summed E-state index contributed by atoms with van der Waals surface area (Å²) >= 11 is 0. The van der Waals surface area contributed by atoms with Gasteiger partial charge >= 0.3 is 5.69 Å². The molecular weight excluding hydrogens is 450 g/mol. The minimum absolute atomic E-state index is 0.340. The third-order valence-electron chi connectivity index (χ3n) is 6.59. The van der Waals surface area contributed by atoms with Crippen LogP contribution in [-0.2, 0) is 25.4 Å². The molecule has 0 fully saturated rings. The highest BCUT2D eigenvalue weighted by Gasteiger charge is 2.34. The molecule has 1 aliphatic heterocycles. The summed E-state index contributed by atoms with van der Waals surface area (Å²) in [4.78, 5) is 26.5. The van der Waals surface area contributed by atoms with Gasteiger partial charge in [0, 0.05) is 20.6 Å². The number of aromatic nitrogens is 3. The lowest BCUT2D eigenvalue weighted by molar-refractivity contribution is 0.0475. The summed E-state index contributed by atoms with van der Waals surface area (Å²) in [5, 5.41) is 0.485. The van der Waals surface area contributed by atoms with Crippen molar-refractivity contribution in [2.75, 3.05) is 27.9 Å². The van der Waals surface area contributed by atoms with E-state index in [1.54, 1.807) is 28.4 Å². The highest BCUT2D eigenvalue weighted by atomic mass is 16.5. The van der Waals surface area contributed by atoms with E-state index < -0.39 is 11.8 Å². The Hall–Kier alpha value is -3.98. The molecule has 182 valence electrons. The van der Waals surface area contributed by atoms with Crippen LogP contribution < -0.4 is 25.5 Å². The number of nitrogens with zero attached hydrogens (tertiary/aromatic N) is 3. The fourth-order valence-electron chi connectivity index (χ4n) is 4.98. The quantitative estimate of drug-likeness (QED) is 0.440. The number of hydrogen-bond donors (Lipinski definition) is 0. The van der Waals surface area contributed by atoms with Gasteiger partial charge < -0.3 is 23.5 Å². The van der Waals surface area contributed by atoms with Crippen molar-refractivity contribution < 1.29 is 18.9 Å². The Morgan fingerprint density at radius 2 is 1.57 bits per heavy atom. The Labute approximate surface area is 201 Å². The van der Waals surface area contributed by atoms with E-state index in [-0.39, 0.29) is 5.56 Å². The number of hydrogen-bond acceptors (Lipinski definition) is 6. The maximum atomic E-state index is 13.5. The maximum Gasteiger partial charge on any atom is 0.331 e. The summed E-state index contributed by atoms with van der Waals surface area (Å²) in [5.74, 6) is 1.46. The molecule has 2 aromatic carbocycles. The fraction of sp³-hybridized carbons (Fsp3) is 0.308. The van der Waals surface area contributed by atoms with Gasteiger partial charge in [-0.15, -0.1) is 0 Å². The number of methoxy groups -OCH3 is 3. The second-order valence-electron chi connectivity index (χ2n) is 8.39. The smallest absolute Gasteiger partial charge is 0.331 e. The third-order valence-corrected chi connectivity index (χ3v) is 6.59. The molecule has 0 saturated heterocycles. The van der Waals surface area contributed by atoms with Gasteiger partial charge in [0.2, 0.25) is 5.75 Å². The van der Waals surface area contributed by atoms with Gasteiger partial charge in [-0.05, 0) is 23.3 Å². The molecule has 0 saturated carbocycles. The predicted molar refractivity (Wildman–Crippen MR) is 132 cm³/mol. The molecule has 35 heavy (non-hydrogen) atoms. The van der Waals surface area contributed by atoms with Crippen molar-refractivity contribution in [3.63, 3.8) is 0 Å². The second-order valence-corrected chi connectivity index (χ2v) is 8.39. The average Bonchev–Trinajstić information content (AvgIpc) is 3.25. The predicted octanol–water partition coefficient (Wildman–Crippen LogP) is 2.85. The summed E-state index contributed by atoms with van der Waals surface area (Å²) in [6.45, 7) is 0.954. The van der Waals surface area contributed by atoms with E-state index in [0.29, 0.717) is 41.3 Å². The molecule has 0 amide bonds. The van der Waals surface area contributed by atoms with Crippen molar-refractivity contribution in [2.24, 2.45) is 14.1 Å². The second kappa shape index (κ2) is 8.66. The van der Waals surface area contributed by atoms with Crippen molar-refractivity contribution in [2.45, 2.75) is 12.6 Å². The zero-order valence-corrected chi connectivity index (χ0v) is 20.3. The van der Waals surface area contributed by atoms with Crippen LogP contribution in [0.15, 0.2) is 52.1 Å². The van der Waals surface area contributed by atoms with E-state index in [4.69, 9.17) is 18.9 Å². The van der Waals surface area contributed by atoms with Crippen LogP contribution >= 0.6 is 0 Å². The summed E-state index contributed by atoms with van der Waals surface area (Å²) in [6, 6.07) is 13.4. The van der Waals surface area contributed by atoms with Crippen molar-refractivity contribution in [3.05, 3.63) is 74.6 Å². The number of rotatable bonds is 5. The summed E-state index contributed by atoms with van der Waals surface area (Å²) in [5.41, 5.74) is 2.97. The number of fused-ring (bicyclic) bond motifs is 3. The van der Waals surface area contributed by atoms with Gasteiger partial charge in [0.05, 0.1) is 50.2 Å². The van der Waals surface area contributed by atoms with Gasteiger partial charge in [-0.3, -0.25) is 13.9 Å². The number of ether oxygens (including phenoxy) is 4. The largest absolute Gasteiger partial charge is 0.493 e. The Bertz CT molecular complexity index is 1520. The van der Waals surface area contributed by atoms with E-state index in [2.05, 4.69) is 4.57 Å². The topological polar surface area (TPSA) is 85.9 Å². The van der Waals surface area contributed by atoms with Crippen LogP contribution in [0.5, 0.6) is 17.2 Å². The molecule has 0 bridgehead atoms. The summed E-state index contributed by atoms with van der Waals surface area (Å²) < 4.78 is 27.7. The van der Waals surface area contributed by atoms with Gasteiger partial charge in [0.25, 0.3) is 5.56 Å². The minimum atomic E-state index is -0.574. The normalized spacial score (nSPS) is 15.2. The molecule has 9 heteroatoms. The molecule has 0 aliphatic carbocycles. The summed E-state index contributed by atoms with van der Waals surface area (Å²) in [7, 11) is 7.85. The minimum Gasteiger partial charge on any atom is -0.493 e. The van der Waals surface area contributed by atoms with Crippen LogP contribution in [0.4, 0.5) is 0 Å². The molecule has 9 nitrogen and oxygen atoms in total. The van der Waals surface area contributed by atoms with Crippen LogP contribution in [0.3, 0.4) is 0 Å². The van der Waals surface area contributed by atoms with Gasteiger partial charge in [0.1, 0.15) is 6.10 Å². The maximum absolute atomic E-state index is 13.5. The molecule has 2 aromatic heterocycles. The van der Waals surface area contributed by atoms with Crippen molar-refractivity contribution in [1.82, 2.24) is 13.7 Å². The van der Waals surface area contributed by atoms with Crippen LogP contribution in [0, 0.1) is 0 Å². The van der Waals surface area contributed by atoms with E-state index in [1.807, 2.05) is 42.5 Å². The lowest BCUT2D eigenvalue weighted by Gasteiger charge is -2.28. The highest BCUT2D eigenvalue weighted by Crippen LogP contribution is 2.45. The monoisotopic (exact) mass is 477 g/mol. The average molecular weight is 478 g/mol. The first-order chi connectivity index (χ1) is 16.9. The van der Waals surface area contributed by atoms with E-state index >= 15 is 0 Å². The Morgan fingerprint density at radius 3 is 2.17 bits per heavy atom. The third kappa shape index (κ3) is 3.34. The SMILES string of the molecule is COc1cc([C@H]2OCCn3c(-c4ccccc4)c4c(=O)n(C)c(=O)n(C)c4c32)cc(OC)c1OC. The highest BCUT2D eigenvalue weighted by molar-refractivity contribution is 5.96. The standard InChI is InChI=1S/C26H27N3O6/c1-27-21-19(25(30)28(2)26(27)31)20(15-9-7-6-8-10-15)29-11-12-35-23(22(21)29)16-13-17(32-3)24(34-5)18(14-16)33-4/h6-10,13-14,23H,11-12H2,1-5H3/t23-/m1/s1. The first-order valence-electron chi connectivity index (χ1n) is 11.2. The first-order valence-corrected chi connectivity index (χ1v) is 11.2. The van der Waals surface area contributed by atoms with Crippen LogP contribution in [0.25, 0.3) is 22.2 Å². The van der Waals surface area contributed by atoms with Gasteiger partial charge in [0.15, 0.2) is 11.5 Å². The molecule has 0 radical (unpaired) electrons. The fourth-order valence-corrected chi connectivity index (χ4v) is 4.98. The Morgan fingerprint density at radius 1 is 0.914 bits per heavy atom. The number of benzene rings is 2. The lowest BCUT2D eigenvalue weighted by atomic mass is 10.0. The van der Waals surface area contributed by atoms with Gasteiger partial charge in [-0.1, -0.05) is 30.3 Å². The van der Waals surface area contributed by atoms with Crippen molar-refractivity contribution in [1.29, 1.82) is 0 Å². The van der Waals surface area contributed by atoms with Gasteiger partial charge in [-0.2, -0.15) is 0 Å². The Balaban J connectivity index is 1.90. The van der Waals surface area contributed by atoms with Crippen molar-refractivity contribution >= 4 is 10.9 Å². The molecule has 1 atom stereocenters. The molecule has 0 spiro atoms. The van der Waals surface area contributed by atoms with Gasteiger partial charge in [-0.25, -0.2) is 4.79 Å². The zero-order chi connectivity index (χ0) is 24.9. The molecule has 0 N–H and O–H groups in total. The van der Waals surface area contributed by atoms with E-state index in [1.165, 1.54) is 11.6 Å². The molecule has 5 rings (SSSR count). The number of aryl methyl sites for hydroxylation is 1. The summed E-state index contributed by atoms with van der Waals surface area (Å²) in [6.07, 6.45) is -0.574. The van der Waals surface area contributed by atoms with Crippen LogP contribution in [0.1, 0.15) is 17.4 Å². The van der Waals surface area contributed by atoms with E-state index in [0.717, 1.165) is 27.1 Å². The molecule has 3 heterocycles. The Kier molecular flexibility index (Phi) is 5.64. The molecular formula is C26H27N3O6.